The molecular formula is C16H33N3O. The zero-order valence-corrected chi connectivity index (χ0v) is 13.3. The molecule has 118 valence electrons. The molecule has 0 saturated carbocycles. The second-order valence-electron chi connectivity index (χ2n) is 6.57. The third-order valence-electron chi connectivity index (χ3n) is 4.92. The number of likely N-dealkylation sites (N-methyl/N-ethyl adjacent to an activating group) is 1. The number of piperazine rings is 1. The molecule has 2 aliphatic heterocycles. The molecule has 0 spiro atoms. The predicted molar refractivity (Wildman–Crippen MR) is 84.1 cm³/mol. The van der Waals surface area contributed by atoms with Crippen LogP contribution in [0, 0.1) is 0 Å². The van der Waals surface area contributed by atoms with E-state index in [1.54, 1.807) is 0 Å². The fraction of sp³-hybridized carbons (Fsp3) is 1.00. The van der Waals surface area contributed by atoms with Crippen molar-refractivity contribution in [3.63, 3.8) is 0 Å². The van der Waals surface area contributed by atoms with Crippen molar-refractivity contribution in [3.05, 3.63) is 0 Å². The van der Waals surface area contributed by atoms with Gasteiger partial charge in [0, 0.05) is 45.4 Å². The van der Waals surface area contributed by atoms with Crippen LogP contribution in [-0.2, 0) is 0 Å². The molecule has 20 heavy (non-hydrogen) atoms. The summed E-state index contributed by atoms with van der Waals surface area (Å²) in [5.41, 5.74) is 0. The van der Waals surface area contributed by atoms with Crippen LogP contribution in [-0.4, -0.2) is 85.3 Å². The topological polar surface area (TPSA) is 30.0 Å². The highest BCUT2D eigenvalue weighted by molar-refractivity contribution is 4.82. The Morgan fingerprint density at radius 3 is 2.50 bits per heavy atom. The number of unbranched alkanes of at least 4 members (excludes halogenated alkanes) is 2. The molecule has 2 rings (SSSR count). The van der Waals surface area contributed by atoms with Crippen molar-refractivity contribution in [2.45, 2.75) is 44.6 Å². The van der Waals surface area contributed by atoms with Crippen LogP contribution in [0.2, 0.25) is 0 Å². The van der Waals surface area contributed by atoms with Gasteiger partial charge in [0.15, 0.2) is 0 Å². The fourth-order valence-electron chi connectivity index (χ4n) is 3.51. The van der Waals surface area contributed by atoms with Gasteiger partial charge in [-0.25, -0.2) is 0 Å². The lowest BCUT2D eigenvalue weighted by atomic mass is 10.1. The van der Waals surface area contributed by atoms with Gasteiger partial charge in [0.2, 0.25) is 0 Å². The Labute approximate surface area is 124 Å². The summed E-state index contributed by atoms with van der Waals surface area (Å²) in [6.07, 6.45) is 7.53. The minimum atomic E-state index is 0.351. The summed E-state index contributed by atoms with van der Waals surface area (Å²) in [5, 5.41) is 8.86. The molecule has 1 unspecified atom stereocenters. The second kappa shape index (κ2) is 8.98. The first kappa shape index (κ1) is 16.2. The predicted octanol–water partition coefficient (Wildman–Crippen LogP) is 1.25. The second-order valence-corrected chi connectivity index (χ2v) is 6.57. The first-order valence-electron chi connectivity index (χ1n) is 8.55. The maximum absolute atomic E-state index is 8.86. The monoisotopic (exact) mass is 283 g/mol. The van der Waals surface area contributed by atoms with Gasteiger partial charge in [-0.3, -0.25) is 4.90 Å². The van der Waals surface area contributed by atoms with Gasteiger partial charge in [-0.1, -0.05) is 6.42 Å². The van der Waals surface area contributed by atoms with Gasteiger partial charge in [0.25, 0.3) is 0 Å². The fourth-order valence-corrected chi connectivity index (χ4v) is 3.51. The van der Waals surface area contributed by atoms with Crippen molar-refractivity contribution >= 4 is 0 Å². The van der Waals surface area contributed by atoms with E-state index in [0.29, 0.717) is 6.61 Å². The summed E-state index contributed by atoms with van der Waals surface area (Å²) in [4.78, 5) is 7.85. The molecule has 2 aliphatic rings. The Kier molecular flexibility index (Phi) is 7.28. The van der Waals surface area contributed by atoms with Crippen LogP contribution in [0.15, 0.2) is 0 Å². The lowest BCUT2D eigenvalue weighted by molar-refractivity contribution is 0.0884. The maximum Gasteiger partial charge on any atom is 0.0431 e. The van der Waals surface area contributed by atoms with E-state index < -0.39 is 0 Å². The summed E-state index contributed by atoms with van der Waals surface area (Å²) < 4.78 is 0. The normalized spacial score (nSPS) is 27.6. The first-order valence-corrected chi connectivity index (χ1v) is 8.55. The molecule has 4 nitrogen and oxygen atoms in total. The van der Waals surface area contributed by atoms with Crippen LogP contribution < -0.4 is 0 Å². The van der Waals surface area contributed by atoms with Gasteiger partial charge in [0.1, 0.15) is 0 Å². The van der Waals surface area contributed by atoms with E-state index in [1.807, 2.05) is 0 Å². The largest absolute Gasteiger partial charge is 0.396 e. The zero-order valence-electron chi connectivity index (χ0n) is 13.3. The van der Waals surface area contributed by atoms with E-state index in [-0.39, 0.29) is 0 Å². The summed E-state index contributed by atoms with van der Waals surface area (Å²) >= 11 is 0. The smallest absolute Gasteiger partial charge is 0.0431 e. The summed E-state index contributed by atoms with van der Waals surface area (Å²) in [6.45, 7) is 9.08. The lowest BCUT2D eigenvalue weighted by Gasteiger charge is -2.39. The van der Waals surface area contributed by atoms with E-state index in [4.69, 9.17) is 5.11 Å². The van der Waals surface area contributed by atoms with Crippen molar-refractivity contribution in [1.82, 2.24) is 14.7 Å². The molecule has 1 atom stereocenters. The number of rotatable bonds is 6. The third-order valence-corrected chi connectivity index (χ3v) is 4.92. The van der Waals surface area contributed by atoms with Crippen LogP contribution in [0.4, 0.5) is 0 Å². The van der Waals surface area contributed by atoms with Gasteiger partial charge in [-0.15, -0.1) is 0 Å². The molecule has 2 saturated heterocycles. The molecule has 2 heterocycles. The minimum Gasteiger partial charge on any atom is -0.396 e. The number of hydrogen-bond acceptors (Lipinski definition) is 4. The minimum absolute atomic E-state index is 0.351. The average Bonchev–Trinajstić information content (AvgIpc) is 2.70. The Morgan fingerprint density at radius 1 is 0.950 bits per heavy atom. The van der Waals surface area contributed by atoms with Crippen LogP contribution >= 0.6 is 0 Å². The van der Waals surface area contributed by atoms with Crippen LogP contribution in [0.1, 0.15) is 38.5 Å². The molecule has 4 heteroatoms. The van der Waals surface area contributed by atoms with E-state index in [9.17, 15) is 0 Å². The van der Waals surface area contributed by atoms with Gasteiger partial charge in [-0.2, -0.15) is 0 Å². The van der Waals surface area contributed by atoms with Gasteiger partial charge in [-0.05, 0) is 52.2 Å². The Morgan fingerprint density at radius 2 is 1.75 bits per heavy atom. The number of hydrogen-bond donors (Lipinski definition) is 1. The SMILES string of the molecule is CN1CCN(C2CCCCN(CCCCCO)C2)CC1. The molecule has 2 fully saturated rings. The molecule has 1 N–H and O–H groups in total. The van der Waals surface area contributed by atoms with Crippen molar-refractivity contribution < 1.29 is 5.11 Å². The molecule has 0 aliphatic carbocycles. The molecule has 0 amide bonds. The highest BCUT2D eigenvalue weighted by Crippen LogP contribution is 2.18. The van der Waals surface area contributed by atoms with E-state index in [2.05, 4.69) is 21.7 Å². The first-order chi connectivity index (χ1) is 9.79. The molecule has 0 bridgehead atoms. The van der Waals surface area contributed by atoms with E-state index in [1.165, 1.54) is 77.9 Å². The zero-order chi connectivity index (χ0) is 14.2. The maximum atomic E-state index is 8.86. The highest BCUT2D eigenvalue weighted by Gasteiger charge is 2.25. The highest BCUT2D eigenvalue weighted by atomic mass is 16.2. The van der Waals surface area contributed by atoms with Crippen molar-refractivity contribution in [2.24, 2.45) is 0 Å². The lowest BCUT2D eigenvalue weighted by Crippen LogP contribution is -2.51. The molecule has 0 aromatic rings. The third kappa shape index (κ3) is 5.32. The summed E-state index contributed by atoms with van der Waals surface area (Å²) in [5.74, 6) is 0. The van der Waals surface area contributed by atoms with Gasteiger partial charge in [0.05, 0.1) is 0 Å². The molecule has 0 aromatic carbocycles. The number of likely N-dealkylation sites (tertiary alicyclic amines) is 1. The number of nitrogens with zero attached hydrogens (tertiary/aromatic N) is 3. The molecule has 0 radical (unpaired) electrons. The number of aliphatic hydroxyl groups excluding tert-OH is 1. The summed E-state index contributed by atoms with van der Waals surface area (Å²) in [7, 11) is 2.23. The summed E-state index contributed by atoms with van der Waals surface area (Å²) in [6, 6.07) is 0.782. The Hall–Kier alpha value is -0.160. The molecular weight excluding hydrogens is 250 g/mol. The van der Waals surface area contributed by atoms with E-state index in [0.717, 1.165) is 12.5 Å². The van der Waals surface area contributed by atoms with Crippen molar-refractivity contribution in [1.29, 1.82) is 0 Å². The average molecular weight is 283 g/mol. The van der Waals surface area contributed by atoms with Crippen LogP contribution in [0.3, 0.4) is 0 Å². The number of aliphatic hydroxyl groups is 1. The van der Waals surface area contributed by atoms with Crippen molar-refractivity contribution in [2.75, 3.05) is 59.5 Å². The van der Waals surface area contributed by atoms with Crippen LogP contribution in [0.25, 0.3) is 0 Å². The quantitative estimate of drug-likeness (QED) is 0.743. The molecule has 0 aromatic heterocycles. The van der Waals surface area contributed by atoms with Gasteiger partial charge < -0.3 is 14.9 Å². The Balaban J connectivity index is 1.74. The van der Waals surface area contributed by atoms with E-state index >= 15 is 0 Å². The standard InChI is InChI=1S/C16H33N3O/c1-17-10-12-19(13-11-17)16-7-3-5-9-18(15-16)8-4-2-6-14-20/h16,20H,2-15H2,1H3. The Bertz CT molecular complexity index is 254. The van der Waals surface area contributed by atoms with Gasteiger partial charge >= 0.3 is 0 Å². The van der Waals surface area contributed by atoms with Crippen LogP contribution in [0.5, 0.6) is 0 Å². The van der Waals surface area contributed by atoms with Crippen molar-refractivity contribution in [3.8, 4) is 0 Å².